The Morgan fingerprint density at radius 3 is 2.06 bits per heavy atom. The second kappa shape index (κ2) is 9.07. The Morgan fingerprint density at radius 2 is 1.40 bits per heavy atom. The van der Waals surface area contributed by atoms with Gasteiger partial charge in [-0.2, -0.15) is 0 Å². The lowest BCUT2D eigenvalue weighted by Crippen LogP contribution is -2.13. The molecular formula is C28H19N3O4. The van der Waals surface area contributed by atoms with Gasteiger partial charge in [0.05, 0.1) is 16.0 Å². The first-order chi connectivity index (χ1) is 17.0. The van der Waals surface area contributed by atoms with Crippen LogP contribution in [0.15, 0.2) is 109 Å². The number of hydrogen-bond donors (Lipinski definition) is 1. The minimum absolute atomic E-state index is 0.104. The second-order valence-electron chi connectivity index (χ2n) is 7.87. The average molecular weight is 461 g/mol. The van der Waals surface area contributed by atoms with Gasteiger partial charge in [-0.15, -0.1) is 0 Å². The van der Waals surface area contributed by atoms with E-state index in [0.717, 1.165) is 0 Å². The van der Waals surface area contributed by atoms with Gasteiger partial charge in [0.1, 0.15) is 5.69 Å². The van der Waals surface area contributed by atoms with Crippen LogP contribution in [0, 0.1) is 10.1 Å². The van der Waals surface area contributed by atoms with E-state index in [-0.39, 0.29) is 22.9 Å². The number of nitro benzene ring substituents is 1. The smallest absolute Gasteiger partial charge is 0.269 e. The normalized spacial score (nSPS) is 10.7. The molecule has 5 aromatic rings. The van der Waals surface area contributed by atoms with E-state index in [4.69, 9.17) is 0 Å². The Balaban J connectivity index is 1.74. The standard InChI is InChI=1S/C28H19N3O4/c32-27(20-14-16-22(17-15-20)31(34)35)26-24(19-9-3-1-4-10-19)25(23-13-7-8-18-30(23)26)28(33)29-21-11-5-2-6-12-21/h1-18H,(H,29,33). The van der Waals surface area contributed by atoms with E-state index in [2.05, 4.69) is 5.32 Å². The van der Waals surface area contributed by atoms with E-state index < -0.39 is 4.92 Å². The summed E-state index contributed by atoms with van der Waals surface area (Å²) in [6.45, 7) is 0. The first kappa shape index (κ1) is 21.8. The van der Waals surface area contributed by atoms with Gasteiger partial charge in [0.15, 0.2) is 0 Å². The molecule has 0 aliphatic carbocycles. The zero-order valence-corrected chi connectivity index (χ0v) is 18.4. The monoisotopic (exact) mass is 461 g/mol. The van der Waals surface area contributed by atoms with Crippen LogP contribution < -0.4 is 5.32 Å². The van der Waals surface area contributed by atoms with Crippen LogP contribution in [-0.4, -0.2) is 21.0 Å². The van der Waals surface area contributed by atoms with Gasteiger partial charge in [-0.05, 0) is 42.0 Å². The minimum Gasteiger partial charge on any atom is -0.322 e. The van der Waals surface area contributed by atoms with Crippen molar-refractivity contribution in [3.8, 4) is 11.1 Å². The molecule has 0 saturated heterocycles. The highest BCUT2D eigenvalue weighted by molar-refractivity contribution is 6.21. The fourth-order valence-corrected chi connectivity index (χ4v) is 4.13. The molecule has 0 fully saturated rings. The molecule has 0 aliphatic rings. The van der Waals surface area contributed by atoms with Crippen LogP contribution in [0.4, 0.5) is 11.4 Å². The van der Waals surface area contributed by atoms with Gasteiger partial charge in [-0.25, -0.2) is 0 Å². The van der Waals surface area contributed by atoms with Crippen LogP contribution >= 0.6 is 0 Å². The lowest BCUT2D eigenvalue weighted by Gasteiger charge is -2.09. The Kier molecular flexibility index (Phi) is 5.65. The van der Waals surface area contributed by atoms with Crippen molar-refractivity contribution in [1.82, 2.24) is 4.40 Å². The fraction of sp³-hybridized carbons (Fsp3) is 0. The van der Waals surface area contributed by atoms with E-state index >= 15 is 0 Å². The molecule has 3 aromatic carbocycles. The number of ketones is 1. The molecular weight excluding hydrogens is 442 g/mol. The largest absolute Gasteiger partial charge is 0.322 e. The zero-order chi connectivity index (χ0) is 24.4. The molecule has 0 aliphatic heterocycles. The molecule has 2 heterocycles. The van der Waals surface area contributed by atoms with Crippen molar-refractivity contribution in [1.29, 1.82) is 0 Å². The van der Waals surface area contributed by atoms with Crippen molar-refractivity contribution in [2.24, 2.45) is 0 Å². The van der Waals surface area contributed by atoms with Crippen molar-refractivity contribution in [3.05, 3.63) is 136 Å². The fourth-order valence-electron chi connectivity index (χ4n) is 4.13. The Morgan fingerprint density at radius 1 is 0.771 bits per heavy atom. The number of anilines is 1. The van der Waals surface area contributed by atoms with Gasteiger partial charge >= 0.3 is 0 Å². The molecule has 0 unspecified atom stereocenters. The molecule has 0 radical (unpaired) electrons. The molecule has 1 amide bonds. The summed E-state index contributed by atoms with van der Waals surface area (Å²) in [5.74, 6) is -0.694. The first-order valence-corrected chi connectivity index (χ1v) is 10.9. The summed E-state index contributed by atoms with van der Waals surface area (Å²) in [5.41, 5.74) is 3.26. The van der Waals surface area contributed by atoms with Crippen LogP contribution in [0.2, 0.25) is 0 Å². The van der Waals surface area contributed by atoms with Crippen LogP contribution in [0.5, 0.6) is 0 Å². The number of nitrogens with zero attached hydrogens (tertiary/aromatic N) is 2. The van der Waals surface area contributed by atoms with Crippen LogP contribution in [0.1, 0.15) is 26.4 Å². The molecule has 0 spiro atoms. The Bertz CT molecular complexity index is 1560. The summed E-state index contributed by atoms with van der Waals surface area (Å²) in [6, 6.07) is 29.2. The predicted octanol–water partition coefficient (Wildman–Crippen LogP) is 6.00. The zero-order valence-electron chi connectivity index (χ0n) is 18.4. The van der Waals surface area contributed by atoms with E-state index in [1.54, 1.807) is 34.9 Å². The number of amides is 1. The molecule has 35 heavy (non-hydrogen) atoms. The number of carbonyl (C=O) groups excluding carboxylic acids is 2. The Labute approximate surface area is 200 Å². The number of nitro groups is 1. The number of hydrogen-bond acceptors (Lipinski definition) is 4. The number of aromatic nitrogens is 1. The second-order valence-corrected chi connectivity index (χ2v) is 7.87. The van der Waals surface area contributed by atoms with Gasteiger partial charge in [-0.1, -0.05) is 54.6 Å². The van der Waals surface area contributed by atoms with Crippen LogP contribution in [-0.2, 0) is 0 Å². The lowest BCUT2D eigenvalue weighted by molar-refractivity contribution is -0.384. The molecule has 0 atom stereocenters. The molecule has 7 heteroatoms. The molecule has 2 aromatic heterocycles. The van der Waals surface area contributed by atoms with Gasteiger partial charge in [0, 0.05) is 35.1 Å². The van der Waals surface area contributed by atoms with Gasteiger partial charge in [0.2, 0.25) is 5.78 Å². The van der Waals surface area contributed by atoms with E-state index in [1.165, 1.54) is 24.3 Å². The maximum absolute atomic E-state index is 13.8. The lowest BCUT2D eigenvalue weighted by atomic mass is 9.96. The quantitative estimate of drug-likeness (QED) is 0.191. The molecule has 0 bridgehead atoms. The third kappa shape index (κ3) is 4.06. The third-order valence-electron chi connectivity index (χ3n) is 5.72. The maximum atomic E-state index is 13.8. The van der Waals surface area contributed by atoms with Crippen molar-refractivity contribution < 1.29 is 14.5 Å². The highest BCUT2D eigenvalue weighted by Crippen LogP contribution is 2.35. The van der Waals surface area contributed by atoms with Gasteiger partial charge < -0.3 is 9.72 Å². The van der Waals surface area contributed by atoms with Crippen molar-refractivity contribution >= 4 is 28.6 Å². The summed E-state index contributed by atoms with van der Waals surface area (Å²) >= 11 is 0. The number of benzene rings is 3. The number of fused-ring (bicyclic) bond motifs is 1. The van der Waals surface area contributed by atoms with Crippen molar-refractivity contribution in [3.63, 3.8) is 0 Å². The summed E-state index contributed by atoms with van der Waals surface area (Å²) in [4.78, 5) is 38.0. The van der Waals surface area contributed by atoms with Crippen LogP contribution in [0.3, 0.4) is 0 Å². The SMILES string of the molecule is O=C(Nc1ccccc1)c1c(-c2ccccc2)c(C(=O)c2ccc([N+](=O)[O-])cc2)n2ccccc12. The molecule has 7 nitrogen and oxygen atoms in total. The van der Waals surface area contributed by atoms with Gasteiger partial charge in [0.25, 0.3) is 11.6 Å². The number of rotatable bonds is 6. The number of nitrogens with one attached hydrogen (secondary N) is 1. The Hall–Kier alpha value is -5.04. The molecule has 5 rings (SSSR count). The number of para-hydroxylation sites is 1. The molecule has 170 valence electrons. The average Bonchev–Trinajstić information content (AvgIpc) is 3.25. The maximum Gasteiger partial charge on any atom is 0.269 e. The summed E-state index contributed by atoms with van der Waals surface area (Å²) in [6.07, 6.45) is 1.74. The third-order valence-corrected chi connectivity index (χ3v) is 5.72. The van der Waals surface area contributed by atoms with E-state index in [1.807, 2.05) is 54.6 Å². The summed E-state index contributed by atoms with van der Waals surface area (Å²) < 4.78 is 1.70. The topological polar surface area (TPSA) is 93.7 Å². The number of pyridine rings is 1. The highest BCUT2D eigenvalue weighted by atomic mass is 16.6. The highest BCUT2D eigenvalue weighted by Gasteiger charge is 2.29. The number of non-ortho nitro benzene ring substituents is 1. The van der Waals surface area contributed by atoms with E-state index in [0.29, 0.717) is 33.6 Å². The molecule has 1 N–H and O–H groups in total. The summed E-state index contributed by atoms with van der Waals surface area (Å²) in [7, 11) is 0. The van der Waals surface area contributed by atoms with Crippen molar-refractivity contribution in [2.75, 3.05) is 5.32 Å². The predicted molar refractivity (Wildman–Crippen MR) is 134 cm³/mol. The minimum atomic E-state index is -0.512. The first-order valence-electron chi connectivity index (χ1n) is 10.9. The van der Waals surface area contributed by atoms with Crippen LogP contribution in [0.25, 0.3) is 16.6 Å². The molecule has 0 saturated carbocycles. The summed E-state index contributed by atoms with van der Waals surface area (Å²) in [5, 5.41) is 14.0. The number of carbonyl (C=O) groups is 2. The van der Waals surface area contributed by atoms with E-state index in [9.17, 15) is 19.7 Å². The van der Waals surface area contributed by atoms with Crippen molar-refractivity contribution in [2.45, 2.75) is 0 Å². The van der Waals surface area contributed by atoms with Gasteiger partial charge in [-0.3, -0.25) is 19.7 Å².